The Hall–Kier alpha value is -2.37. The first-order valence-corrected chi connectivity index (χ1v) is 8.69. The number of imide groups is 1. The van der Waals surface area contributed by atoms with Crippen molar-refractivity contribution in [1.29, 1.82) is 0 Å². The van der Waals surface area contributed by atoms with Gasteiger partial charge < -0.3 is 10.2 Å². The van der Waals surface area contributed by atoms with Gasteiger partial charge in [0.25, 0.3) is 0 Å². The molecule has 25 heavy (non-hydrogen) atoms. The molecular weight excluding hydrogens is 318 g/mol. The summed E-state index contributed by atoms with van der Waals surface area (Å²) >= 11 is 0. The Bertz CT molecular complexity index is 672. The quantitative estimate of drug-likeness (QED) is 0.769. The second-order valence-electron chi connectivity index (χ2n) is 6.89. The maximum absolute atomic E-state index is 12.1. The lowest BCUT2D eigenvalue weighted by Gasteiger charge is -2.17. The molecule has 1 heterocycles. The zero-order valence-electron chi connectivity index (χ0n) is 15.5. The Morgan fingerprint density at radius 3 is 2.60 bits per heavy atom. The van der Waals surface area contributed by atoms with Gasteiger partial charge in [0.15, 0.2) is 0 Å². The molecule has 0 spiro atoms. The Kier molecular flexibility index (Phi) is 6.17. The fraction of sp³-hybridized carbons (Fsp3) is 0.526. The van der Waals surface area contributed by atoms with Crippen molar-refractivity contribution in [2.24, 2.45) is 0 Å². The smallest absolute Gasteiger partial charge is 0.326 e. The van der Waals surface area contributed by atoms with Crippen LogP contribution in [0.4, 0.5) is 4.79 Å². The van der Waals surface area contributed by atoms with Crippen molar-refractivity contribution in [3.8, 4) is 0 Å². The average Bonchev–Trinajstić information content (AvgIpc) is 2.76. The molecule has 0 unspecified atom stereocenters. The summed E-state index contributed by atoms with van der Waals surface area (Å²) in [4.78, 5) is 38.1. The number of nitrogens with zero attached hydrogens (tertiary/aromatic N) is 2. The lowest BCUT2D eigenvalue weighted by molar-refractivity contribution is -0.126. The van der Waals surface area contributed by atoms with Crippen LogP contribution in [0, 0.1) is 13.8 Å². The lowest BCUT2D eigenvalue weighted by atomic mass is 10.00. The maximum Gasteiger partial charge on any atom is 0.326 e. The number of aryl methyl sites for hydroxylation is 2. The third-order valence-electron chi connectivity index (χ3n) is 4.45. The van der Waals surface area contributed by atoms with Gasteiger partial charge in [0.1, 0.15) is 6.54 Å². The monoisotopic (exact) mass is 345 g/mol. The van der Waals surface area contributed by atoms with Crippen LogP contribution in [-0.4, -0.2) is 53.8 Å². The van der Waals surface area contributed by atoms with E-state index >= 15 is 0 Å². The van der Waals surface area contributed by atoms with Crippen molar-refractivity contribution < 1.29 is 14.4 Å². The van der Waals surface area contributed by atoms with E-state index in [-0.39, 0.29) is 30.4 Å². The number of amides is 4. The number of benzene rings is 1. The predicted molar refractivity (Wildman–Crippen MR) is 96.2 cm³/mol. The first kappa shape index (κ1) is 19.0. The summed E-state index contributed by atoms with van der Waals surface area (Å²) in [7, 11) is 1.60. The van der Waals surface area contributed by atoms with E-state index in [1.165, 1.54) is 26.5 Å². The van der Waals surface area contributed by atoms with Crippen LogP contribution in [0.25, 0.3) is 0 Å². The van der Waals surface area contributed by atoms with Gasteiger partial charge in [-0.2, -0.15) is 0 Å². The molecule has 1 aromatic rings. The molecular formula is C19H27N3O3. The molecule has 4 amide bonds. The number of hydrogen-bond donors (Lipinski definition) is 1. The van der Waals surface area contributed by atoms with E-state index in [4.69, 9.17) is 0 Å². The highest BCUT2D eigenvalue weighted by molar-refractivity contribution is 6.01. The minimum absolute atomic E-state index is 0.0371. The van der Waals surface area contributed by atoms with Gasteiger partial charge in [-0.3, -0.25) is 14.5 Å². The van der Waals surface area contributed by atoms with Crippen molar-refractivity contribution in [2.75, 3.05) is 20.1 Å². The summed E-state index contributed by atoms with van der Waals surface area (Å²) in [5.41, 5.74) is 3.69. The Labute approximate surface area is 149 Å². The van der Waals surface area contributed by atoms with Crippen LogP contribution in [0.15, 0.2) is 18.2 Å². The summed E-state index contributed by atoms with van der Waals surface area (Å²) in [6, 6.07) is 6.08. The van der Waals surface area contributed by atoms with Crippen LogP contribution in [0.1, 0.15) is 36.5 Å². The van der Waals surface area contributed by atoms with Gasteiger partial charge in [-0.25, -0.2) is 4.79 Å². The van der Waals surface area contributed by atoms with Crippen LogP contribution in [0.3, 0.4) is 0 Å². The molecule has 1 aliphatic rings. The molecule has 6 nitrogen and oxygen atoms in total. The van der Waals surface area contributed by atoms with Crippen molar-refractivity contribution in [2.45, 2.75) is 46.1 Å². The predicted octanol–water partition coefficient (Wildman–Crippen LogP) is 2.02. The second kappa shape index (κ2) is 8.14. The third-order valence-corrected chi connectivity index (χ3v) is 4.45. The topological polar surface area (TPSA) is 69.7 Å². The van der Waals surface area contributed by atoms with E-state index in [2.05, 4.69) is 37.4 Å². The van der Waals surface area contributed by atoms with Crippen molar-refractivity contribution in [3.63, 3.8) is 0 Å². The summed E-state index contributed by atoms with van der Waals surface area (Å²) in [5, 5.41) is 2.99. The van der Waals surface area contributed by atoms with Crippen molar-refractivity contribution in [3.05, 3.63) is 34.9 Å². The summed E-state index contributed by atoms with van der Waals surface area (Å²) in [6.45, 7) is 6.55. The number of hydrogen-bond acceptors (Lipinski definition) is 3. The van der Waals surface area contributed by atoms with Gasteiger partial charge in [0.2, 0.25) is 11.8 Å². The fourth-order valence-corrected chi connectivity index (χ4v) is 3.09. The highest BCUT2D eigenvalue weighted by atomic mass is 16.2. The minimum Gasteiger partial charge on any atom is -0.353 e. The van der Waals surface area contributed by atoms with E-state index < -0.39 is 0 Å². The molecule has 1 N–H and O–H groups in total. The molecule has 0 bridgehead atoms. The van der Waals surface area contributed by atoms with Gasteiger partial charge in [-0.1, -0.05) is 23.8 Å². The summed E-state index contributed by atoms with van der Waals surface area (Å²) in [6.07, 6.45) is 1.57. The number of urea groups is 1. The van der Waals surface area contributed by atoms with E-state index in [9.17, 15) is 14.4 Å². The highest BCUT2D eigenvalue weighted by Gasteiger charge is 2.32. The number of carbonyl (C=O) groups is 3. The normalized spacial score (nSPS) is 15.7. The number of likely N-dealkylation sites (N-methyl/N-ethyl adjacent to an activating group) is 1. The van der Waals surface area contributed by atoms with Gasteiger partial charge in [-0.15, -0.1) is 0 Å². The largest absolute Gasteiger partial charge is 0.353 e. The SMILES string of the molecule is Cc1ccc(C[C@H](C)NC(=O)CCCN2C(=O)CN(C)C2=O)c(C)c1. The van der Waals surface area contributed by atoms with Crippen molar-refractivity contribution >= 4 is 17.8 Å². The van der Waals surface area contributed by atoms with E-state index in [1.807, 2.05) is 6.92 Å². The molecule has 1 aromatic carbocycles. The molecule has 6 heteroatoms. The van der Waals surface area contributed by atoms with E-state index in [0.717, 1.165) is 6.42 Å². The maximum atomic E-state index is 12.1. The first-order chi connectivity index (χ1) is 11.8. The molecule has 0 radical (unpaired) electrons. The van der Waals surface area contributed by atoms with Crippen LogP contribution in [-0.2, 0) is 16.0 Å². The summed E-state index contributed by atoms with van der Waals surface area (Å²) in [5.74, 6) is -0.249. The van der Waals surface area contributed by atoms with E-state index in [0.29, 0.717) is 19.4 Å². The van der Waals surface area contributed by atoms with Crippen LogP contribution in [0.2, 0.25) is 0 Å². The zero-order chi connectivity index (χ0) is 18.6. The van der Waals surface area contributed by atoms with Crippen LogP contribution >= 0.6 is 0 Å². The Balaban J connectivity index is 1.74. The molecule has 1 fully saturated rings. The highest BCUT2D eigenvalue weighted by Crippen LogP contribution is 2.13. The Morgan fingerprint density at radius 1 is 1.28 bits per heavy atom. The molecule has 0 aliphatic carbocycles. The minimum atomic E-state index is -0.284. The average molecular weight is 345 g/mol. The molecule has 1 saturated heterocycles. The standard InChI is InChI=1S/C19H27N3O3/c1-13-7-8-16(14(2)10-13)11-15(3)20-17(23)6-5-9-22-18(24)12-21(4)19(22)25/h7-8,10,15H,5-6,9,11-12H2,1-4H3,(H,20,23)/t15-/m0/s1. The van der Waals surface area contributed by atoms with E-state index in [1.54, 1.807) is 7.05 Å². The fourth-order valence-electron chi connectivity index (χ4n) is 3.09. The zero-order valence-corrected chi connectivity index (χ0v) is 15.5. The summed E-state index contributed by atoms with van der Waals surface area (Å²) < 4.78 is 0. The first-order valence-electron chi connectivity index (χ1n) is 8.69. The number of nitrogens with one attached hydrogen (secondary N) is 1. The molecule has 136 valence electrons. The molecule has 0 aromatic heterocycles. The number of carbonyl (C=O) groups excluding carboxylic acids is 3. The Morgan fingerprint density at radius 2 is 2.00 bits per heavy atom. The van der Waals surface area contributed by atoms with Gasteiger partial charge >= 0.3 is 6.03 Å². The number of rotatable bonds is 7. The third kappa shape index (κ3) is 5.05. The van der Waals surface area contributed by atoms with Crippen molar-refractivity contribution in [1.82, 2.24) is 15.1 Å². The lowest BCUT2D eigenvalue weighted by Crippen LogP contribution is -2.36. The second-order valence-corrected chi connectivity index (χ2v) is 6.89. The van der Waals surface area contributed by atoms with Gasteiger partial charge in [-0.05, 0) is 44.7 Å². The molecule has 2 rings (SSSR count). The van der Waals surface area contributed by atoms with Gasteiger partial charge in [0.05, 0.1) is 0 Å². The molecule has 1 aliphatic heterocycles. The van der Waals surface area contributed by atoms with Gasteiger partial charge in [0, 0.05) is 26.1 Å². The van der Waals surface area contributed by atoms with Crippen LogP contribution < -0.4 is 5.32 Å². The molecule has 1 atom stereocenters. The molecule has 0 saturated carbocycles. The van der Waals surface area contributed by atoms with Crippen LogP contribution in [0.5, 0.6) is 0 Å².